The summed E-state index contributed by atoms with van der Waals surface area (Å²) >= 11 is 0. The second-order valence-electron chi connectivity index (χ2n) is 4.37. The van der Waals surface area contributed by atoms with Crippen molar-refractivity contribution < 1.29 is 9.53 Å². The van der Waals surface area contributed by atoms with Gasteiger partial charge < -0.3 is 4.74 Å². The first kappa shape index (κ1) is 16.0. The number of ether oxygens (including phenoxy) is 1. The number of hydrogen-bond donors (Lipinski definition) is 0. The Hall–Kier alpha value is -1.05. The summed E-state index contributed by atoms with van der Waals surface area (Å²) in [5, 5.41) is 0. The molecule has 2 nitrogen and oxygen atoms in total. The number of allylic oxidation sites excluding steroid dienone is 3. The van der Waals surface area contributed by atoms with E-state index in [4.69, 9.17) is 0 Å². The molecule has 0 aromatic rings. The van der Waals surface area contributed by atoms with Crippen LogP contribution in [0.5, 0.6) is 0 Å². The number of carbonyl (C=O) groups excluding carboxylic acids is 1. The maximum Gasteiger partial charge on any atom is 0.330 e. The molecule has 0 amide bonds. The second kappa shape index (κ2) is 10.1. The van der Waals surface area contributed by atoms with Crippen LogP contribution in [0.4, 0.5) is 0 Å². The summed E-state index contributed by atoms with van der Waals surface area (Å²) in [4.78, 5) is 11.0. The lowest BCUT2D eigenvalue weighted by Crippen LogP contribution is -1.95. The highest BCUT2D eigenvalue weighted by Crippen LogP contribution is 2.14. The van der Waals surface area contributed by atoms with Gasteiger partial charge in [0.15, 0.2) is 0 Å². The topological polar surface area (TPSA) is 26.3 Å². The van der Waals surface area contributed by atoms with E-state index < -0.39 is 0 Å². The van der Waals surface area contributed by atoms with Crippen molar-refractivity contribution in [3.05, 3.63) is 23.3 Å². The first-order valence-electron chi connectivity index (χ1n) is 6.57. The van der Waals surface area contributed by atoms with Gasteiger partial charge in [-0.2, -0.15) is 0 Å². The molecular weight excluding hydrogens is 212 g/mol. The van der Waals surface area contributed by atoms with Gasteiger partial charge in [-0.15, -0.1) is 0 Å². The standard InChI is InChI=1S/C15H26O2/c1-5-7-10-14(6-2)11-8-9-13(3)12-15(16)17-4/h11-12H,5-10H2,1-4H3. The molecule has 0 saturated carbocycles. The van der Waals surface area contributed by atoms with Crippen LogP contribution in [0.2, 0.25) is 0 Å². The zero-order valence-corrected chi connectivity index (χ0v) is 11.7. The van der Waals surface area contributed by atoms with Gasteiger partial charge in [0.2, 0.25) is 0 Å². The fraction of sp³-hybridized carbons (Fsp3) is 0.667. The molecule has 0 saturated heterocycles. The van der Waals surface area contributed by atoms with Gasteiger partial charge in [-0.1, -0.05) is 37.5 Å². The van der Waals surface area contributed by atoms with Crippen molar-refractivity contribution in [1.29, 1.82) is 0 Å². The van der Waals surface area contributed by atoms with Gasteiger partial charge in [-0.25, -0.2) is 4.79 Å². The molecule has 0 aromatic carbocycles. The summed E-state index contributed by atoms with van der Waals surface area (Å²) < 4.78 is 4.59. The van der Waals surface area contributed by atoms with Crippen molar-refractivity contribution >= 4 is 5.97 Å². The smallest absolute Gasteiger partial charge is 0.330 e. The first-order valence-corrected chi connectivity index (χ1v) is 6.57. The van der Waals surface area contributed by atoms with Gasteiger partial charge in [-0.05, 0) is 39.0 Å². The Kier molecular flexibility index (Phi) is 9.50. The Morgan fingerprint density at radius 2 is 1.94 bits per heavy atom. The van der Waals surface area contributed by atoms with Crippen LogP contribution in [0.3, 0.4) is 0 Å². The van der Waals surface area contributed by atoms with E-state index in [1.165, 1.54) is 31.9 Å². The lowest BCUT2D eigenvalue weighted by atomic mass is 10.0. The van der Waals surface area contributed by atoms with Gasteiger partial charge in [-0.3, -0.25) is 0 Å². The van der Waals surface area contributed by atoms with Gasteiger partial charge in [0.1, 0.15) is 0 Å². The van der Waals surface area contributed by atoms with Crippen LogP contribution in [-0.2, 0) is 9.53 Å². The molecule has 0 radical (unpaired) electrons. The average molecular weight is 238 g/mol. The molecule has 98 valence electrons. The van der Waals surface area contributed by atoms with Crippen molar-refractivity contribution in [3.8, 4) is 0 Å². The molecule has 0 aliphatic heterocycles. The van der Waals surface area contributed by atoms with Crippen molar-refractivity contribution in [2.45, 2.75) is 59.3 Å². The van der Waals surface area contributed by atoms with Gasteiger partial charge in [0, 0.05) is 6.08 Å². The highest BCUT2D eigenvalue weighted by molar-refractivity contribution is 5.82. The zero-order chi connectivity index (χ0) is 13.1. The number of carbonyl (C=O) groups is 1. The third-order valence-corrected chi connectivity index (χ3v) is 2.84. The van der Waals surface area contributed by atoms with Crippen LogP contribution < -0.4 is 0 Å². The number of hydrogen-bond acceptors (Lipinski definition) is 2. The van der Waals surface area contributed by atoms with E-state index in [1.807, 2.05) is 6.92 Å². The Morgan fingerprint density at radius 3 is 2.47 bits per heavy atom. The summed E-state index contributed by atoms with van der Waals surface area (Å²) in [6.07, 6.45) is 10.7. The van der Waals surface area contributed by atoms with Crippen LogP contribution in [0, 0.1) is 0 Å². The minimum Gasteiger partial charge on any atom is -0.466 e. The molecular formula is C15H26O2. The molecule has 0 atom stereocenters. The van der Waals surface area contributed by atoms with E-state index in [-0.39, 0.29) is 5.97 Å². The summed E-state index contributed by atoms with van der Waals surface area (Å²) in [7, 11) is 1.41. The fourth-order valence-electron chi connectivity index (χ4n) is 1.66. The molecule has 0 aliphatic rings. The van der Waals surface area contributed by atoms with Gasteiger partial charge in [0.25, 0.3) is 0 Å². The lowest BCUT2D eigenvalue weighted by Gasteiger charge is -2.04. The Bertz CT molecular complexity index is 275. The molecule has 0 aromatic heterocycles. The molecule has 0 spiro atoms. The van der Waals surface area contributed by atoms with E-state index in [2.05, 4.69) is 24.7 Å². The summed E-state index contributed by atoms with van der Waals surface area (Å²) in [5.41, 5.74) is 2.62. The van der Waals surface area contributed by atoms with Crippen LogP contribution in [0.1, 0.15) is 59.3 Å². The summed E-state index contributed by atoms with van der Waals surface area (Å²) in [6.45, 7) is 6.40. The molecule has 17 heavy (non-hydrogen) atoms. The largest absolute Gasteiger partial charge is 0.466 e. The lowest BCUT2D eigenvalue weighted by molar-refractivity contribution is -0.134. The van der Waals surface area contributed by atoms with Crippen molar-refractivity contribution in [2.75, 3.05) is 7.11 Å². The summed E-state index contributed by atoms with van der Waals surface area (Å²) in [5.74, 6) is -0.256. The predicted molar refractivity (Wildman–Crippen MR) is 72.9 cm³/mol. The fourth-order valence-corrected chi connectivity index (χ4v) is 1.66. The van der Waals surface area contributed by atoms with Crippen molar-refractivity contribution in [1.82, 2.24) is 0 Å². The Labute approximate surface area is 106 Å². The van der Waals surface area contributed by atoms with Gasteiger partial charge >= 0.3 is 5.97 Å². The third kappa shape index (κ3) is 8.73. The van der Waals surface area contributed by atoms with E-state index in [9.17, 15) is 4.79 Å². The average Bonchev–Trinajstić information content (AvgIpc) is 2.33. The molecule has 0 aliphatic carbocycles. The number of esters is 1. The van der Waals surface area contributed by atoms with E-state index in [0.717, 1.165) is 24.8 Å². The van der Waals surface area contributed by atoms with Crippen LogP contribution in [0.15, 0.2) is 23.3 Å². The highest BCUT2D eigenvalue weighted by Gasteiger charge is 1.97. The number of rotatable bonds is 8. The number of methoxy groups -OCH3 is 1. The van der Waals surface area contributed by atoms with Crippen LogP contribution >= 0.6 is 0 Å². The number of unbranched alkanes of at least 4 members (excludes halogenated alkanes) is 1. The molecule has 0 unspecified atom stereocenters. The predicted octanol–water partition coefficient (Wildman–Crippen LogP) is 4.41. The first-order chi connectivity index (χ1) is 8.13. The monoisotopic (exact) mass is 238 g/mol. The normalized spacial score (nSPS) is 12.7. The van der Waals surface area contributed by atoms with E-state index in [1.54, 1.807) is 6.08 Å². The van der Waals surface area contributed by atoms with Gasteiger partial charge in [0.05, 0.1) is 7.11 Å². The van der Waals surface area contributed by atoms with E-state index >= 15 is 0 Å². The molecule has 0 N–H and O–H groups in total. The highest BCUT2D eigenvalue weighted by atomic mass is 16.5. The van der Waals surface area contributed by atoms with Crippen molar-refractivity contribution in [2.24, 2.45) is 0 Å². The maximum absolute atomic E-state index is 11.0. The van der Waals surface area contributed by atoms with Crippen LogP contribution in [0.25, 0.3) is 0 Å². The molecule has 0 fully saturated rings. The molecule has 0 rings (SSSR count). The molecule has 0 heterocycles. The zero-order valence-electron chi connectivity index (χ0n) is 11.7. The Balaban J connectivity index is 4.05. The van der Waals surface area contributed by atoms with Crippen molar-refractivity contribution in [3.63, 3.8) is 0 Å². The summed E-state index contributed by atoms with van der Waals surface area (Å²) in [6, 6.07) is 0. The second-order valence-corrected chi connectivity index (χ2v) is 4.37. The quantitative estimate of drug-likeness (QED) is 0.355. The van der Waals surface area contributed by atoms with E-state index in [0.29, 0.717) is 0 Å². The van der Waals surface area contributed by atoms with Crippen LogP contribution in [-0.4, -0.2) is 13.1 Å². The molecule has 2 heteroatoms. The SMILES string of the molecule is CCCCC(=CCCC(C)=CC(=O)OC)CC. The molecule has 0 bridgehead atoms. The minimum absolute atomic E-state index is 0.256. The maximum atomic E-state index is 11.0. The Morgan fingerprint density at radius 1 is 1.24 bits per heavy atom. The minimum atomic E-state index is -0.256. The third-order valence-electron chi connectivity index (χ3n) is 2.84.